The van der Waals surface area contributed by atoms with Gasteiger partial charge in [0.2, 0.25) is 0 Å². The summed E-state index contributed by atoms with van der Waals surface area (Å²) in [6, 6.07) is 13.6. The van der Waals surface area contributed by atoms with Crippen molar-refractivity contribution in [1.82, 2.24) is 4.98 Å². The zero-order valence-electron chi connectivity index (χ0n) is 18.7. The molecule has 2 aromatic carbocycles. The van der Waals surface area contributed by atoms with Gasteiger partial charge in [0, 0.05) is 17.5 Å². The molecular formula is C25H21ClN2O6. The first-order valence-electron chi connectivity index (χ1n) is 10.2. The summed E-state index contributed by atoms with van der Waals surface area (Å²) in [5, 5.41) is 4.00. The molecule has 0 fully saturated rings. The van der Waals surface area contributed by atoms with E-state index >= 15 is 0 Å². The highest BCUT2D eigenvalue weighted by Gasteiger charge is 2.22. The zero-order chi connectivity index (χ0) is 24.2. The van der Waals surface area contributed by atoms with Crippen molar-refractivity contribution in [2.24, 2.45) is 0 Å². The third-order valence-electron chi connectivity index (χ3n) is 5.22. The first-order chi connectivity index (χ1) is 16.4. The van der Waals surface area contributed by atoms with Gasteiger partial charge in [-0.05, 0) is 30.7 Å². The number of benzene rings is 2. The summed E-state index contributed by atoms with van der Waals surface area (Å²) in [7, 11) is 2.89. The lowest BCUT2D eigenvalue weighted by atomic mass is 10.1. The van der Waals surface area contributed by atoms with Gasteiger partial charge >= 0.3 is 5.97 Å². The number of hydrogen-bond acceptors (Lipinski definition) is 7. The number of carbonyl (C=O) groups is 2. The van der Waals surface area contributed by atoms with Crippen molar-refractivity contribution in [2.75, 3.05) is 19.5 Å². The number of ether oxygens (including phenoxy) is 3. The maximum atomic E-state index is 13.1. The van der Waals surface area contributed by atoms with Crippen LogP contribution in [0.4, 0.5) is 5.69 Å². The van der Waals surface area contributed by atoms with Crippen LogP contribution in [0.3, 0.4) is 0 Å². The minimum Gasteiger partial charge on any atom is -0.493 e. The average molecular weight is 481 g/mol. The molecule has 174 valence electrons. The molecule has 0 bridgehead atoms. The Hall–Kier alpha value is -4.04. The van der Waals surface area contributed by atoms with Crippen molar-refractivity contribution in [3.63, 3.8) is 0 Å². The fraction of sp³-hybridized carbons (Fsp3) is 0.160. The summed E-state index contributed by atoms with van der Waals surface area (Å²) in [6.07, 6.45) is 1.38. The largest absolute Gasteiger partial charge is 0.493 e. The Balaban J connectivity index is 1.64. The number of nitrogens with one attached hydrogen (secondary N) is 1. The predicted octanol–water partition coefficient (Wildman–Crippen LogP) is 5.42. The van der Waals surface area contributed by atoms with Crippen LogP contribution in [0.25, 0.3) is 10.9 Å². The van der Waals surface area contributed by atoms with Gasteiger partial charge < -0.3 is 23.9 Å². The van der Waals surface area contributed by atoms with Crippen LogP contribution in [-0.4, -0.2) is 31.1 Å². The standard InChI is InChI=1S/C25H21ClN2O6/c1-14-15-7-4-5-8-17(15)27-19(23(14)26)13-34-25(30)16-11-21(31-2)22(32-3)12-18(16)28-24(29)20-9-6-10-33-20/h4-12H,13H2,1-3H3,(H,28,29). The summed E-state index contributed by atoms with van der Waals surface area (Å²) in [5.41, 5.74) is 2.24. The molecule has 2 aromatic heterocycles. The van der Waals surface area contributed by atoms with Crippen LogP contribution < -0.4 is 14.8 Å². The van der Waals surface area contributed by atoms with E-state index in [9.17, 15) is 9.59 Å². The number of nitrogens with zero attached hydrogens (tertiary/aromatic N) is 1. The summed E-state index contributed by atoms with van der Waals surface area (Å²) in [6.45, 7) is 1.72. The Morgan fingerprint density at radius 1 is 1.06 bits per heavy atom. The topological polar surface area (TPSA) is 99.9 Å². The highest BCUT2D eigenvalue weighted by molar-refractivity contribution is 6.32. The molecule has 0 saturated heterocycles. The maximum absolute atomic E-state index is 13.1. The molecule has 1 amide bonds. The van der Waals surface area contributed by atoms with Gasteiger partial charge in [-0.1, -0.05) is 29.8 Å². The number of anilines is 1. The zero-order valence-corrected chi connectivity index (χ0v) is 19.4. The van der Waals surface area contributed by atoms with Gasteiger partial charge in [0.25, 0.3) is 5.91 Å². The van der Waals surface area contributed by atoms with E-state index < -0.39 is 11.9 Å². The second kappa shape index (κ2) is 9.84. The van der Waals surface area contributed by atoms with Gasteiger partial charge in [-0.15, -0.1) is 0 Å². The molecule has 0 unspecified atom stereocenters. The molecule has 0 spiro atoms. The Labute approximate surface area is 200 Å². The second-order valence-corrected chi connectivity index (χ2v) is 7.65. The lowest BCUT2D eigenvalue weighted by molar-refractivity contribution is 0.0469. The first-order valence-corrected chi connectivity index (χ1v) is 10.6. The average Bonchev–Trinajstić information content (AvgIpc) is 3.40. The third kappa shape index (κ3) is 4.53. The smallest absolute Gasteiger partial charge is 0.340 e. The van der Waals surface area contributed by atoms with Crippen molar-refractivity contribution in [2.45, 2.75) is 13.5 Å². The molecule has 4 rings (SSSR count). The van der Waals surface area contributed by atoms with E-state index in [1.54, 1.807) is 6.07 Å². The van der Waals surface area contributed by atoms with Gasteiger partial charge in [-0.3, -0.25) is 4.79 Å². The number of carbonyl (C=O) groups excluding carboxylic acids is 2. The molecule has 0 aliphatic heterocycles. The molecule has 1 N–H and O–H groups in total. The van der Waals surface area contributed by atoms with Crippen LogP contribution in [0.2, 0.25) is 5.02 Å². The van der Waals surface area contributed by atoms with Crippen LogP contribution in [0, 0.1) is 6.92 Å². The van der Waals surface area contributed by atoms with E-state index in [2.05, 4.69) is 10.3 Å². The molecule has 8 nitrogen and oxygen atoms in total. The molecular weight excluding hydrogens is 460 g/mol. The number of halogens is 1. The highest BCUT2D eigenvalue weighted by Crippen LogP contribution is 2.34. The number of rotatable bonds is 7. The Morgan fingerprint density at radius 2 is 1.79 bits per heavy atom. The van der Waals surface area contributed by atoms with E-state index in [0.717, 1.165) is 16.5 Å². The number of methoxy groups -OCH3 is 2. The number of furan rings is 1. The maximum Gasteiger partial charge on any atom is 0.340 e. The summed E-state index contributed by atoms with van der Waals surface area (Å²) in [4.78, 5) is 30.1. The molecule has 2 heterocycles. The number of aromatic nitrogens is 1. The molecule has 9 heteroatoms. The summed E-state index contributed by atoms with van der Waals surface area (Å²) >= 11 is 6.49. The molecule has 0 saturated carbocycles. The molecule has 34 heavy (non-hydrogen) atoms. The van der Waals surface area contributed by atoms with Crippen LogP contribution >= 0.6 is 11.6 Å². The van der Waals surface area contributed by atoms with Crippen LogP contribution in [0.5, 0.6) is 11.5 Å². The molecule has 0 aliphatic carbocycles. The number of aryl methyl sites for hydroxylation is 1. The Kier molecular flexibility index (Phi) is 6.70. The SMILES string of the molecule is COc1cc(NC(=O)c2ccco2)c(C(=O)OCc2nc3ccccc3c(C)c2Cl)cc1OC. The lowest BCUT2D eigenvalue weighted by Gasteiger charge is -2.15. The molecule has 0 radical (unpaired) electrons. The van der Waals surface area contributed by atoms with Crippen LogP contribution in [-0.2, 0) is 11.3 Å². The second-order valence-electron chi connectivity index (χ2n) is 7.27. The molecule has 0 aliphatic rings. The van der Waals surface area contributed by atoms with Crippen molar-refractivity contribution in [1.29, 1.82) is 0 Å². The van der Waals surface area contributed by atoms with Gasteiger partial charge in [0.1, 0.15) is 6.61 Å². The van der Waals surface area contributed by atoms with E-state index in [4.69, 9.17) is 30.2 Å². The van der Waals surface area contributed by atoms with Gasteiger partial charge in [-0.25, -0.2) is 9.78 Å². The summed E-state index contributed by atoms with van der Waals surface area (Å²) in [5.74, 6) is -0.552. The van der Waals surface area contributed by atoms with Gasteiger partial charge in [0.15, 0.2) is 17.3 Å². The number of esters is 1. The van der Waals surface area contributed by atoms with E-state index in [-0.39, 0.29) is 23.6 Å². The van der Waals surface area contributed by atoms with Crippen molar-refractivity contribution < 1.29 is 28.2 Å². The van der Waals surface area contributed by atoms with Crippen LogP contribution in [0.15, 0.2) is 59.2 Å². The molecule has 0 atom stereocenters. The van der Waals surface area contributed by atoms with E-state index in [1.807, 2.05) is 31.2 Å². The Bertz CT molecular complexity index is 1370. The van der Waals surface area contributed by atoms with Gasteiger partial charge in [-0.2, -0.15) is 0 Å². The number of hydrogen-bond donors (Lipinski definition) is 1. The number of fused-ring (bicyclic) bond motifs is 1. The monoisotopic (exact) mass is 480 g/mol. The fourth-order valence-electron chi connectivity index (χ4n) is 3.47. The van der Waals surface area contributed by atoms with Crippen molar-refractivity contribution in [3.8, 4) is 11.5 Å². The Morgan fingerprint density at radius 3 is 2.50 bits per heavy atom. The molecule has 4 aromatic rings. The van der Waals surface area contributed by atoms with Crippen molar-refractivity contribution >= 4 is 40.1 Å². The normalized spacial score (nSPS) is 10.7. The van der Waals surface area contributed by atoms with Crippen LogP contribution in [0.1, 0.15) is 32.2 Å². The minimum atomic E-state index is -0.709. The third-order valence-corrected chi connectivity index (χ3v) is 5.72. The van der Waals surface area contributed by atoms with Crippen molar-refractivity contribution in [3.05, 3.63) is 82.4 Å². The van der Waals surface area contributed by atoms with E-state index in [1.165, 1.54) is 38.7 Å². The minimum absolute atomic E-state index is 0.0613. The van der Waals surface area contributed by atoms with E-state index in [0.29, 0.717) is 22.2 Å². The predicted molar refractivity (Wildman–Crippen MR) is 127 cm³/mol. The number of amides is 1. The lowest BCUT2D eigenvalue weighted by Crippen LogP contribution is -2.16. The first kappa shape index (κ1) is 23.1. The number of pyridine rings is 1. The van der Waals surface area contributed by atoms with Gasteiger partial charge in [0.05, 0.1) is 48.0 Å². The quantitative estimate of drug-likeness (QED) is 0.353. The highest BCUT2D eigenvalue weighted by atomic mass is 35.5. The summed E-state index contributed by atoms with van der Waals surface area (Å²) < 4.78 is 21.3. The fourth-order valence-corrected chi connectivity index (χ4v) is 3.67. The number of para-hydroxylation sites is 1.